The van der Waals surface area contributed by atoms with Crippen molar-refractivity contribution in [1.82, 2.24) is 0 Å². The summed E-state index contributed by atoms with van der Waals surface area (Å²) in [6.45, 7) is 8.66. The standard InChI is InChI=1S/C34H31ClSi/c1-24-15-25(2)18-32(17-24)36(35,33-19-26(3)16-27(4)20-33)34-22-30(28-11-7-5-8-12-28)21-31(23-34)29-13-9-6-10-14-29/h5-23H,1-4H3. The number of halogens is 1. The van der Waals surface area contributed by atoms with Crippen molar-refractivity contribution in [1.29, 1.82) is 0 Å². The maximum atomic E-state index is 8.06. The van der Waals surface area contributed by atoms with E-state index in [0.717, 1.165) is 0 Å². The van der Waals surface area contributed by atoms with Crippen LogP contribution in [-0.4, -0.2) is 7.38 Å². The number of benzene rings is 5. The van der Waals surface area contributed by atoms with Crippen LogP contribution in [0.2, 0.25) is 0 Å². The normalized spacial score (nSPS) is 11.5. The summed E-state index contributed by atoms with van der Waals surface area (Å²) in [5, 5.41) is 3.67. The van der Waals surface area contributed by atoms with Crippen molar-refractivity contribution in [3.8, 4) is 22.3 Å². The molecule has 5 rings (SSSR count). The highest BCUT2D eigenvalue weighted by molar-refractivity contribution is 7.40. The van der Waals surface area contributed by atoms with Crippen LogP contribution in [0.4, 0.5) is 0 Å². The van der Waals surface area contributed by atoms with Crippen LogP contribution in [0.3, 0.4) is 0 Å². The quantitative estimate of drug-likeness (QED) is 0.133. The molecule has 5 aromatic rings. The van der Waals surface area contributed by atoms with Crippen molar-refractivity contribution in [3.63, 3.8) is 0 Å². The molecule has 2 heteroatoms. The van der Waals surface area contributed by atoms with Gasteiger partial charge in [0, 0.05) is 0 Å². The first-order valence-corrected chi connectivity index (χ1v) is 15.5. The van der Waals surface area contributed by atoms with Gasteiger partial charge >= 0.3 is 0 Å². The minimum absolute atomic E-state index is 1.19. The summed E-state index contributed by atoms with van der Waals surface area (Å²) in [5.74, 6) is 0. The predicted octanol–water partition coefficient (Wildman–Crippen LogP) is 7.46. The smallest absolute Gasteiger partial charge is 0.149 e. The van der Waals surface area contributed by atoms with Crippen LogP contribution >= 0.6 is 11.1 Å². The molecule has 0 heterocycles. The number of rotatable bonds is 5. The highest BCUT2D eigenvalue weighted by Crippen LogP contribution is 2.28. The molecule has 0 aliphatic rings. The van der Waals surface area contributed by atoms with E-state index in [-0.39, 0.29) is 0 Å². The lowest BCUT2D eigenvalue weighted by molar-refractivity contribution is 1.39. The molecule has 0 nitrogen and oxygen atoms in total. The van der Waals surface area contributed by atoms with E-state index in [9.17, 15) is 0 Å². The molecule has 36 heavy (non-hydrogen) atoms. The highest BCUT2D eigenvalue weighted by Gasteiger charge is 2.39. The Kier molecular flexibility index (Phi) is 6.70. The van der Waals surface area contributed by atoms with Gasteiger partial charge in [-0.05, 0) is 71.6 Å². The lowest BCUT2D eigenvalue weighted by Gasteiger charge is -2.29. The van der Waals surface area contributed by atoms with E-state index in [4.69, 9.17) is 11.1 Å². The summed E-state index contributed by atoms with van der Waals surface area (Å²) < 4.78 is 0. The molecule has 0 aliphatic carbocycles. The van der Waals surface area contributed by atoms with Gasteiger partial charge in [-0.3, -0.25) is 0 Å². The Bertz CT molecular complexity index is 1370. The van der Waals surface area contributed by atoms with Crippen molar-refractivity contribution in [2.45, 2.75) is 27.7 Å². The number of aryl methyl sites for hydroxylation is 4. The van der Waals surface area contributed by atoms with Crippen LogP contribution in [0.5, 0.6) is 0 Å². The van der Waals surface area contributed by atoms with Gasteiger partial charge in [-0.2, -0.15) is 0 Å². The van der Waals surface area contributed by atoms with Crippen molar-refractivity contribution >= 4 is 34.0 Å². The molecule has 0 saturated heterocycles. The molecule has 0 aliphatic heterocycles. The van der Waals surface area contributed by atoms with E-state index in [2.05, 4.69) is 143 Å². The van der Waals surface area contributed by atoms with Gasteiger partial charge in [-0.15, -0.1) is 11.1 Å². The molecule has 0 N–H and O–H groups in total. The Morgan fingerprint density at radius 1 is 0.389 bits per heavy atom. The summed E-state index contributed by atoms with van der Waals surface area (Å²) in [6.07, 6.45) is 0. The van der Waals surface area contributed by atoms with Gasteiger partial charge in [0.05, 0.1) is 0 Å². The molecule has 5 aromatic carbocycles. The topological polar surface area (TPSA) is 0 Å². The molecule has 0 amide bonds. The van der Waals surface area contributed by atoms with E-state index >= 15 is 0 Å². The first-order chi connectivity index (χ1) is 17.3. The lowest BCUT2D eigenvalue weighted by Crippen LogP contribution is -2.63. The van der Waals surface area contributed by atoms with Crippen LogP contribution in [0.25, 0.3) is 22.3 Å². The van der Waals surface area contributed by atoms with Crippen LogP contribution in [0.1, 0.15) is 22.3 Å². The van der Waals surface area contributed by atoms with Crippen molar-refractivity contribution in [3.05, 3.63) is 138 Å². The Labute approximate surface area is 221 Å². The molecule has 0 atom stereocenters. The van der Waals surface area contributed by atoms with E-state index in [1.54, 1.807) is 0 Å². The Morgan fingerprint density at radius 3 is 1.08 bits per heavy atom. The van der Waals surface area contributed by atoms with Gasteiger partial charge < -0.3 is 0 Å². The maximum Gasteiger partial charge on any atom is 0.248 e. The Balaban J connectivity index is 1.85. The zero-order chi connectivity index (χ0) is 25.3. The van der Waals surface area contributed by atoms with E-state index in [1.165, 1.54) is 60.1 Å². The lowest BCUT2D eigenvalue weighted by atomic mass is 9.99. The fourth-order valence-electron chi connectivity index (χ4n) is 5.27. The number of hydrogen-bond acceptors (Lipinski definition) is 0. The zero-order valence-corrected chi connectivity index (χ0v) is 23.1. The third-order valence-corrected chi connectivity index (χ3v) is 12.0. The largest absolute Gasteiger partial charge is 0.248 e. The van der Waals surface area contributed by atoms with Gasteiger partial charge in [-0.25, -0.2) is 0 Å². The van der Waals surface area contributed by atoms with Crippen LogP contribution < -0.4 is 15.6 Å². The van der Waals surface area contributed by atoms with E-state index in [1.807, 2.05) is 0 Å². The number of hydrogen-bond donors (Lipinski definition) is 0. The fraction of sp³-hybridized carbons (Fsp3) is 0.118. The summed E-state index contributed by atoms with van der Waals surface area (Å²) in [6, 6.07) is 41.8. The predicted molar refractivity (Wildman–Crippen MR) is 160 cm³/mol. The van der Waals surface area contributed by atoms with Crippen LogP contribution in [0.15, 0.2) is 115 Å². The van der Waals surface area contributed by atoms with Crippen LogP contribution in [-0.2, 0) is 0 Å². The van der Waals surface area contributed by atoms with E-state index in [0.29, 0.717) is 0 Å². The minimum Gasteiger partial charge on any atom is -0.149 e. The molecule has 0 bridgehead atoms. The Morgan fingerprint density at radius 2 is 0.722 bits per heavy atom. The van der Waals surface area contributed by atoms with E-state index < -0.39 is 7.38 Å². The molecule has 178 valence electrons. The van der Waals surface area contributed by atoms with Crippen LogP contribution in [0, 0.1) is 27.7 Å². The van der Waals surface area contributed by atoms with Crippen molar-refractivity contribution in [2.75, 3.05) is 0 Å². The third-order valence-electron chi connectivity index (χ3n) is 6.78. The molecular formula is C34H31ClSi. The summed E-state index contributed by atoms with van der Waals surface area (Å²) >= 11 is 8.06. The molecule has 0 saturated carbocycles. The van der Waals surface area contributed by atoms with Crippen molar-refractivity contribution in [2.24, 2.45) is 0 Å². The maximum absolute atomic E-state index is 8.06. The Hall–Kier alpha value is -3.39. The minimum atomic E-state index is -2.86. The van der Waals surface area contributed by atoms with Gasteiger partial charge in [-0.1, -0.05) is 131 Å². The highest BCUT2D eigenvalue weighted by atomic mass is 35.6. The average Bonchev–Trinajstić information content (AvgIpc) is 2.88. The SMILES string of the molecule is Cc1cc(C)cc([Si](Cl)(c2cc(C)cc(C)c2)c2cc(-c3ccccc3)cc(-c3ccccc3)c2)c1. The van der Waals surface area contributed by atoms with Crippen molar-refractivity contribution < 1.29 is 0 Å². The monoisotopic (exact) mass is 502 g/mol. The first kappa shape index (κ1) is 24.3. The second-order valence-electron chi connectivity index (χ2n) is 9.94. The zero-order valence-electron chi connectivity index (χ0n) is 21.3. The summed E-state index contributed by atoms with van der Waals surface area (Å²) in [4.78, 5) is 0. The average molecular weight is 503 g/mol. The molecular weight excluding hydrogens is 472 g/mol. The second-order valence-corrected chi connectivity index (χ2v) is 14.7. The molecule has 0 unspecified atom stereocenters. The van der Waals surface area contributed by atoms with Gasteiger partial charge in [0.1, 0.15) is 0 Å². The first-order valence-electron chi connectivity index (χ1n) is 12.5. The van der Waals surface area contributed by atoms with Gasteiger partial charge in [0.15, 0.2) is 0 Å². The molecule has 0 fully saturated rings. The summed E-state index contributed by atoms with van der Waals surface area (Å²) in [7, 11) is -2.86. The third kappa shape index (κ3) is 4.82. The fourth-order valence-corrected chi connectivity index (χ4v) is 9.67. The molecule has 0 spiro atoms. The summed E-state index contributed by atoms with van der Waals surface area (Å²) in [5.41, 5.74) is 9.76. The molecule has 0 radical (unpaired) electrons. The second kappa shape index (κ2) is 9.93. The van der Waals surface area contributed by atoms with Gasteiger partial charge in [0.25, 0.3) is 0 Å². The molecule has 0 aromatic heterocycles. The van der Waals surface area contributed by atoms with Gasteiger partial charge in [0.2, 0.25) is 7.38 Å².